The van der Waals surface area contributed by atoms with Gasteiger partial charge in [-0.3, -0.25) is 4.90 Å². The minimum absolute atomic E-state index is 0.882. The van der Waals surface area contributed by atoms with Gasteiger partial charge >= 0.3 is 0 Å². The van der Waals surface area contributed by atoms with E-state index in [-0.39, 0.29) is 0 Å². The summed E-state index contributed by atoms with van der Waals surface area (Å²) in [4.78, 5) is 2.83. The Morgan fingerprint density at radius 1 is 1.21 bits per heavy atom. The highest BCUT2D eigenvalue weighted by Crippen LogP contribution is 2.32. The Hall–Kier alpha value is 0.270. The molecule has 14 heavy (non-hydrogen) atoms. The zero-order valence-electron chi connectivity index (χ0n) is 8.74. The second-order valence-electron chi connectivity index (χ2n) is 4.88. The number of hydrogen-bond acceptors (Lipinski definition) is 3. The molecule has 0 aliphatic carbocycles. The summed E-state index contributed by atoms with van der Waals surface area (Å²) in [5.74, 6) is 3.75. The summed E-state index contributed by atoms with van der Waals surface area (Å²) < 4.78 is 0. The second kappa shape index (κ2) is 4.03. The third-order valence-corrected chi connectivity index (χ3v) is 5.24. The molecule has 3 atom stereocenters. The number of piperidine rings is 1. The van der Waals surface area contributed by atoms with E-state index < -0.39 is 0 Å². The molecule has 0 spiro atoms. The molecule has 3 saturated heterocycles. The van der Waals surface area contributed by atoms with Gasteiger partial charge in [-0.05, 0) is 44.0 Å². The van der Waals surface area contributed by atoms with Crippen LogP contribution in [-0.2, 0) is 0 Å². The van der Waals surface area contributed by atoms with Crippen LogP contribution in [0.1, 0.15) is 19.3 Å². The quantitative estimate of drug-likeness (QED) is 0.702. The Bertz CT molecular complexity index is 203. The van der Waals surface area contributed by atoms with Crippen LogP contribution in [0.5, 0.6) is 0 Å². The summed E-state index contributed by atoms with van der Waals surface area (Å²) in [6.45, 7) is 3.90. The van der Waals surface area contributed by atoms with Crippen molar-refractivity contribution in [3.05, 3.63) is 0 Å². The van der Waals surface area contributed by atoms with E-state index in [4.69, 9.17) is 0 Å². The zero-order chi connectivity index (χ0) is 9.38. The maximum absolute atomic E-state index is 3.57. The van der Waals surface area contributed by atoms with Crippen LogP contribution in [0.3, 0.4) is 0 Å². The predicted octanol–water partition coefficient (Wildman–Crippen LogP) is 1.18. The molecule has 80 valence electrons. The van der Waals surface area contributed by atoms with E-state index in [2.05, 4.69) is 22.0 Å². The first kappa shape index (κ1) is 9.49. The van der Waals surface area contributed by atoms with Crippen LogP contribution in [0.2, 0.25) is 0 Å². The van der Waals surface area contributed by atoms with Gasteiger partial charge in [-0.15, -0.1) is 0 Å². The highest BCUT2D eigenvalue weighted by molar-refractivity contribution is 7.99. The summed E-state index contributed by atoms with van der Waals surface area (Å²) in [6, 6.07) is 1.79. The molecule has 0 aromatic heterocycles. The SMILES string of the molecule is C1CC2CNCC2N(C2CCSC2)C1. The molecule has 3 aliphatic rings. The van der Waals surface area contributed by atoms with Gasteiger partial charge < -0.3 is 5.32 Å². The summed E-state index contributed by atoms with van der Waals surface area (Å²) >= 11 is 2.15. The number of rotatable bonds is 1. The molecule has 0 bridgehead atoms. The van der Waals surface area contributed by atoms with Crippen LogP contribution >= 0.6 is 11.8 Å². The monoisotopic (exact) mass is 212 g/mol. The van der Waals surface area contributed by atoms with Crippen molar-refractivity contribution in [3.8, 4) is 0 Å². The number of likely N-dealkylation sites (tertiary alicyclic amines) is 1. The maximum Gasteiger partial charge on any atom is 0.0264 e. The molecule has 3 heterocycles. The van der Waals surface area contributed by atoms with Crippen LogP contribution in [0.4, 0.5) is 0 Å². The zero-order valence-corrected chi connectivity index (χ0v) is 9.56. The number of nitrogens with zero attached hydrogens (tertiary/aromatic N) is 1. The van der Waals surface area contributed by atoms with Crippen LogP contribution in [0.25, 0.3) is 0 Å². The lowest BCUT2D eigenvalue weighted by Crippen LogP contribution is -2.50. The third-order valence-electron chi connectivity index (χ3n) is 4.10. The van der Waals surface area contributed by atoms with Gasteiger partial charge in [0.15, 0.2) is 0 Å². The predicted molar refractivity (Wildman–Crippen MR) is 61.8 cm³/mol. The highest BCUT2D eigenvalue weighted by Gasteiger charge is 2.38. The van der Waals surface area contributed by atoms with E-state index >= 15 is 0 Å². The highest BCUT2D eigenvalue weighted by atomic mass is 32.2. The standard InChI is InChI=1S/C11H20N2S/c1-2-9-6-12-7-11(9)13(4-1)10-3-5-14-8-10/h9-12H,1-8H2. The van der Waals surface area contributed by atoms with Crippen molar-refractivity contribution in [3.63, 3.8) is 0 Å². The van der Waals surface area contributed by atoms with Crippen molar-refractivity contribution in [2.24, 2.45) is 5.92 Å². The molecule has 0 amide bonds. The Labute approximate surface area is 90.8 Å². The molecule has 3 fully saturated rings. The third kappa shape index (κ3) is 1.59. The van der Waals surface area contributed by atoms with Gasteiger partial charge in [-0.2, -0.15) is 11.8 Å². The van der Waals surface area contributed by atoms with Crippen LogP contribution in [0.15, 0.2) is 0 Å². The lowest BCUT2D eigenvalue weighted by Gasteiger charge is -2.40. The first-order valence-corrected chi connectivity index (χ1v) is 7.15. The summed E-state index contributed by atoms with van der Waals surface area (Å²) in [7, 11) is 0. The van der Waals surface area contributed by atoms with E-state index in [1.54, 1.807) is 0 Å². The van der Waals surface area contributed by atoms with Gasteiger partial charge in [-0.25, -0.2) is 0 Å². The lowest BCUT2D eigenvalue weighted by atomic mass is 9.90. The molecular formula is C11H20N2S. The first-order valence-electron chi connectivity index (χ1n) is 5.99. The van der Waals surface area contributed by atoms with Crippen molar-refractivity contribution in [1.29, 1.82) is 0 Å². The summed E-state index contributed by atoms with van der Waals surface area (Å²) in [6.07, 6.45) is 4.34. The molecule has 3 rings (SSSR count). The summed E-state index contributed by atoms with van der Waals surface area (Å²) in [5, 5.41) is 3.57. The first-order chi connectivity index (χ1) is 6.95. The fourth-order valence-corrected chi connectivity index (χ4v) is 4.58. The molecule has 3 heteroatoms. The molecule has 3 unspecified atom stereocenters. The van der Waals surface area contributed by atoms with E-state index in [0.29, 0.717) is 0 Å². The Morgan fingerprint density at radius 2 is 2.21 bits per heavy atom. The second-order valence-corrected chi connectivity index (χ2v) is 6.03. The van der Waals surface area contributed by atoms with Gasteiger partial charge in [-0.1, -0.05) is 0 Å². The Kier molecular flexibility index (Phi) is 2.73. The van der Waals surface area contributed by atoms with Crippen LogP contribution in [0, 0.1) is 5.92 Å². The number of hydrogen-bond donors (Lipinski definition) is 1. The topological polar surface area (TPSA) is 15.3 Å². The Morgan fingerprint density at radius 3 is 3.07 bits per heavy atom. The number of fused-ring (bicyclic) bond motifs is 1. The van der Waals surface area contributed by atoms with Crippen molar-refractivity contribution in [2.45, 2.75) is 31.3 Å². The normalized spacial score (nSPS) is 44.1. The van der Waals surface area contributed by atoms with Gasteiger partial charge in [0, 0.05) is 24.4 Å². The average molecular weight is 212 g/mol. The van der Waals surface area contributed by atoms with E-state index in [9.17, 15) is 0 Å². The number of thioether (sulfide) groups is 1. The van der Waals surface area contributed by atoms with Gasteiger partial charge in [0.1, 0.15) is 0 Å². The van der Waals surface area contributed by atoms with Gasteiger partial charge in [0.2, 0.25) is 0 Å². The molecule has 2 nitrogen and oxygen atoms in total. The van der Waals surface area contributed by atoms with Crippen molar-refractivity contribution in [1.82, 2.24) is 10.2 Å². The van der Waals surface area contributed by atoms with Crippen molar-refractivity contribution in [2.75, 3.05) is 31.1 Å². The van der Waals surface area contributed by atoms with Crippen LogP contribution < -0.4 is 5.32 Å². The molecule has 3 aliphatic heterocycles. The molecule has 0 aromatic rings. The van der Waals surface area contributed by atoms with Gasteiger partial charge in [0.25, 0.3) is 0 Å². The smallest absolute Gasteiger partial charge is 0.0264 e. The number of nitrogens with one attached hydrogen (secondary N) is 1. The van der Waals surface area contributed by atoms with Crippen molar-refractivity contribution >= 4 is 11.8 Å². The largest absolute Gasteiger partial charge is 0.315 e. The minimum atomic E-state index is 0.882. The lowest BCUT2D eigenvalue weighted by molar-refractivity contribution is 0.0880. The molecule has 1 N–H and O–H groups in total. The molecule has 0 aromatic carbocycles. The van der Waals surface area contributed by atoms with E-state index in [1.165, 1.54) is 50.4 Å². The van der Waals surface area contributed by atoms with E-state index in [0.717, 1.165) is 18.0 Å². The maximum atomic E-state index is 3.57. The average Bonchev–Trinajstić information content (AvgIpc) is 2.88. The minimum Gasteiger partial charge on any atom is -0.315 e. The summed E-state index contributed by atoms with van der Waals surface area (Å²) in [5.41, 5.74) is 0. The van der Waals surface area contributed by atoms with Crippen molar-refractivity contribution < 1.29 is 0 Å². The fraction of sp³-hybridized carbons (Fsp3) is 1.00. The van der Waals surface area contributed by atoms with E-state index in [1.807, 2.05) is 0 Å². The Balaban J connectivity index is 1.70. The molecule has 0 saturated carbocycles. The van der Waals surface area contributed by atoms with Gasteiger partial charge in [0.05, 0.1) is 0 Å². The fourth-order valence-electron chi connectivity index (χ4n) is 3.34. The van der Waals surface area contributed by atoms with Crippen LogP contribution in [-0.4, -0.2) is 48.1 Å². The molecular weight excluding hydrogens is 192 g/mol. The molecule has 0 radical (unpaired) electrons.